The fourth-order valence-electron chi connectivity index (χ4n) is 2.61. The van der Waals surface area contributed by atoms with Crippen molar-refractivity contribution in [2.75, 3.05) is 24.1 Å². The molecule has 2 amide bonds. The molecule has 114 valence electrons. The fourth-order valence-corrected chi connectivity index (χ4v) is 2.61. The lowest BCUT2D eigenvalue weighted by atomic mass is 9.98. The molecule has 1 fully saturated rings. The van der Waals surface area contributed by atoms with E-state index in [9.17, 15) is 9.59 Å². The van der Waals surface area contributed by atoms with Crippen LogP contribution in [0.4, 0.5) is 11.4 Å². The number of nitrogens with two attached hydrogens (primary N) is 1. The molecule has 1 atom stereocenters. The van der Waals surface area contributed by atoms with E-state index in [0.29, 0.717) is 30.3 Å². The Bertz CT molecular complexity index is 499. The lowest BCUT2D eigenvalue weighted by Crippen LogP contribution is -2.37. The molecule has 5 nitrogen and oxygen atoms in total. The Morgan fingerprint density at radius 1 is 1.33 bits per heavy atom. The molecule has 0 radical (unpaired) electrons. The van der Waals surface area contributed by atoms with Gasteiger partial charge in [-0.3, -0.25) is 9.59 Å². The zero-order valence-corrected chi connectivity index (χ0v) is 12.5. The van der Waals surface area contributed by atoms with Crippen molar-refractivity contribution in [2.24, 2.45) is 5.92 Å². The Kier molecular flexibility index (Phi) is 5.20. The summed E-state index contributed by atoms with van der Waals surface area (Å²) in [6, 6.07) is 6.98. The second kappa shape index (κ2) is 7.11. The normalized spacial score (nSPS) is 19.2. The number of likely N-dealkylation sites (tertiary alicyclic amines) is 1. The van der Waals surface area contributed by atoms with Gasteiger partial charge in [0.2, 0.25) is 11.8 Å². The number of rotatable bonds is 4. The molecule has 0 aliphatic carbocycles. The van der Waals surface area contributed by atoms with Crippen molar-refractivity contribution in [1.82, 2.24) is 4.90 Å². The van der Waals surface area contributed by atoms with E-state index in [4.69, 9.17) is 5.73 Å². The lowest BCUT2D eigenvalue weighted by molar-refractivity contribution is -0.134. The van der Waals surface area contributed by atoms with Crippen LogP contribution in [0.1, 0.15) is 32.6 Å². The molecule has 1 aromatic rings. The topological polar surface area (TPSA) is 75.4 Å². The number of carbonyl (C=O) groups excluding carboxylic acids is 2. The highest BCUT2D eigenvalue weighted by molar-refractivity contribution is 5.94. The molecule has 3 N–H and O–H groups in total. The number of amides is 2. The fraction of sp³-hybridized carbons (Fsp3) is 0.500. The van der Waals surface area contributed by atoms with Crippen LogP contribution >= 0.6 is 0 Å². The van der Waals surface area contributed by atoms with E-state index in [-0.39, 0.29) is 18.4 Å². The number of nitrogens with one attached hydrogen (secondary N) is 1. The second-order valence-corrected chi connectivity index (χ2v) is 5.59. The van der Waals surface area contributed by atoms with Gasteiger partial charge >= 0.3 is 0 Å². The van der Waals surface area contributed by atoms with Gasteiger partial charge in [-0.2, -0.15) is 0 Å². The maximum atomic E-state index is 12.0. The maximum Gasteiger partial charge on any atom is 0.243 e. The number of anilines is 2. The van der Waals surface area contributed by atoms with E-state index in [1.807, 2.05) is 0 Å². The van der Waals surface area contributed by atoms with Crippen LogP contribution in [0.2, 0.25) is 0 Å². The van der Waals surface area contributed by atoms with Gasteiger partial charge in [0.25, 0.3) is 0 Å². The molecule has 1 aromatic carbocycles. The van der Waals surface area contributed by atoms with Gasteiger partial charge < -0.3 is 16.0 Å². The molecule has 1 aliphatic rings. The van der Waals surface area contributed by atoms with Crippen molar-refractivity contribution in [2.45, 2.75) is 32.6 Å². The minimum Gasteiger partial charge on any atom is -0.399 e. The predicted octanol–water partition coefficient (Wildman–Crippen LogP) is 2.25. The Labute approximate surface area is 125 Å². The van der Waals surface area contributed by atoms with Crippen molar-refractivity contribution in [1.29, 1.82) is 0 Å². The van der Waals surface area contributed by atoms with E-state index in [1.165, 1.54) is 0 Å². The zero-order valence-electron chi connectivity index (χ0n) is 12.5. The first-order chi connectivity index (χ1) is 10.1. The van der Waals surface area contributed by atoms with Gasteiger partial charge in [-0.25, -0.2) is 0 Å². The van der Waals surface area contributed by atoms with E-state index < -0.39 is 0 Å². The quantitative estimate of drug-likeness (QED) is 0.835. The van der Waals surface area contributed by atoms with E-state index in [2.05, 4.69) is 12.2 Å². The minimum absolute atomic E-state index is 0.0819. The molecule has 1 unspecified atom stereocenters. The van der Waals surface area contributed by atoms with Crippen molar-refractivity contribution in [3.8, 4) is 0 Å². The lowest BCUT2D eigenvalue weighted by Gasteiger charge is -2.20. The Balaban J connectivity index is 1.89. The number of nitrogen functional groups attached to an aromatic ring is 1. The van der Waals surface area contributed by atoms with Gasteiger partial charge in [-0.1, -0.05) is 13.3 Å². The summed E-state index contributed by atoms with van der Waals surface area (Å²) in [7, 11) is 0. The van der Waals surface area contributed by atoms with E-state index in [1.54, 1.807) is 29.2 Å². The highest BCUT2D eigenvalue weighted by Gasteiger charge is 2.23. The van der Waals surface area contributed by atoms with Crippen LogP contribution in [0.5, 0.6) is 0 Å². The molecule has 5 heteroatoms. The summed E-state index contributed by atoms with van der Waals surface area (Å²) in [6.07, 6.45) is 3.56. The molecule has 0 aromatic heterocycles. The van der Waals surface area contributed by atoms with E-state index in [0.717, 1.165) is 19.3 Å². The minimum atomic E-state index is -0.164. The van der Waals surface area contributed by atoms with Crippen LogP contribution in [0, 0.1) is 5.92 Å². The summed E-state index contributed by atoms with van der Waals surface area (Å²) in [5.41, 5.74) is 6.95. The number of hydrogen-bond donors (Lipinski definition) is 2. The predicted molar refractivity (Wildman–Crippen MR) is 83.7 cm³/mol. The number of nitrogens with zero attached hydrogens (tertiary/aromatic N) is 1. The van der Waals surface area contributed by atoms with Crippen molar-refractivity contribution < 1.29 is 9.59 Å². The Morgan fingerprint density at radius 2 is 2.05 bits per heavy atom. The third-order valence-electron chi connectivity index (χ3n) is 4.03. The van der Waals surface area contributed by atoms with Gasteiger partial charge in [-0.15, -0.1) is 0 Å². The first kappa shape index (κ1) is 15.4. The molecule has 21 heavy (non-hydrogen) atoms. The van der Waals surface area contributed by atoms with Crippen LogP contribution < -0.4 is 11.1 Å². The van der Waals surface area contributed by atoms with Gasteiger partial charge in [-0.05, 0) is 43.0 Å². The summed E-state index contributed by atoms with van der Waals surface area (Å²) in [5.74, 6) is 0.514. The zero-order chi connectivity index (χ0) is 15.2. The second-order valence-electron chi connectivity index (χ2n) is 5.59. The van der Waals surface area contributed by atoms with Crippen LogP contribution in [0.25, 0.3) is 0 Å². The van der Waals surface area contributed by atoms with Crippen molar-refractivity contribution in [3.05, 3.63) is 24.3 Å². The maximum absolute atomic E-state index is 12.0. The van der Waals surface area contributed by atoms with Crippen molar-refractivity contribution in [3.63, 3.8) is 0 Å². The highest BCUT2D eigenvalue weighted by atomic mass is 16.2. The monoisotopic (exact) mass is 289 g/mol. The summed E-state index contributed by atoms with van der Waals surface area (Å²) in [5, 5.41) is 2.79. The number of benzene rings is 1. The summed E-state index contributed by atoms with van der Waals surface area (Å²) >= 11 is 0. The molecule has 0 bridgehead atoms. The van der Waals surface area contributed by atoms with E-state index >= 15 is 0 Å². The van der Waals surface area contributed by atoms with Crippen LogP contribution in [0.15, 0.2) is 24.3 Å². The summed E-state index contributed by atoms with van der Waals surface area (Å²) < 4.78 is 0. The highest BCUT2D eigenvalue weighted by Crippen LogP contribution is 2.21. The molecule has 1 saturated heterocycles. The molecule has 0 saturated carbocycles. The van der Waals surface area contributed by atoms with Crippen LogP contribution in [-0.4, -0.2) is 29.8 Å². The van der Waals surface area contributed by atoms with Gasteiger partial charge in [0, 0.05) is 24.3 Å². The van der Waals surface area contributed by atoms with Crippen molar-refractivity contribution >= 4 is 23.2 Å². The van der Waals surface area contributed by atoms with Crippen LogP contribution in [0.3, 0.4) is 0 Å². The first-order valence-electron chi connectivity index (χ1n) is 7.51. The molecular formula is C16H23N3O2. The largest absolute Gasteiger partial charge is 0.399 e. The third-order valence-corrected chi connectivity index (χ3v) is 4.03. The summed E-state index contributed by atoms with van der Waals surface area (Å²) in [6.45, 7) is 2.95. The van der Waals surface area contributed by atoms with Gasteiger partial charge in [0.1, 0.15) is 0 Å². The Hall–Kier alpha value is -2.04. The average Bonchev–Trinajstić information content (AvgIpc) is 2.64. The summed E-state index contributed by atoms with van der Waals surface area (Å²) in [4.78, 5) is 25.7. The standard InChI is InChI=1S/C16H23N3O2/c1-2-12-3-8-16(21)19(10-9-12)11-15(20)18-14-6-4-13(17)5-7-14/h4-7,12H,2-3,8-11,17H2,1H3,(H,18,20). The average molecular weight is 289 g/mol. The third kappa shape index (κ3) is 4.48. The Morgan fingerprint density at radius 3 is 2.71 bits per heavy atom. The smallest absolute Gasteiger partial charge is 0.243 e. The SMILES string of the molecule is CCC1CCC(=O)N(CC(=O)Nc2ccc(N)cc2)CC1. The molecule has 1 aliphatic heterocycles. The molecular weight excluding hydrogens is 266 g/mol. The van der Waals surface area contributed by atoms with Crippen LogP contribution in [-0.2, 0) is 9.59 Å². The first-order valence-corrected chi connectivity index (χ1v) is 7.51. The molecule has 2 rings (SSSR count). The van der Waals surface area contributed by atoms with Gasteiger partial charge in [0.15, 0.2) is 0 Å². The van der Waals surface area contributed by atoms with Gasteiger partial charge in [0.05, 0.1) is 6.54 Å². The number of hydrogen-bond acceptors (Lipinski definition) is 3. The molecule has 0 spiro atoms. The number of carbonyl (C=O) groups is 2. The molecule has 1 heterocycles.